The van der Waals surface area contributed by atoms with Gasteiger partial charge in [0.05, 0.1) is 6.54 Å². The summed E-state index contributed by atoms with van der Waals surface area (Å²) in [6.45, 7) is 2.10. The van der Waals surface area contributed by atoms with Crippen LogP contribution in [0.3, 0.4) is 0 Å². The van der Waals surface area contributed by atoms with Crippen LogP contribution in [-0.4, -0.2) is 18.4 Å². The van der Waals surface area contributed by atoms with Gasteiger partial charge in [-0.05, 0) is 54.8 Å². The van der Waals surface area contributed by atoms with Crippen molar-refractivity contribution in [2.75, 3.05) is 22.5 Å². The highest BCUT2D eigenvalue weighted by Gasteiger charge is 2.07. The fraction of sp³-hybridized carbons (Fsp3) is 0.0769. The quantitative estimate of drug-likeness (QED) is 0.396. The Labute approximate surface area is 181 Å². The Balaban J connectivity index is 1.33. The number of aryl methyl sites for hydroxylation is 1. The van der Waals surface area contributed by atoms with Crippen LogP contribution < -0.4 is 16.0 Å². The lowest BCUT2D eigenvalue weighted by molar-refractivity contribution is -0.114. The molecule has 3 N–H and O–H groups in total. The molecule has 4 rings (SSSR count). The van der Waals surface area contributed by atoms with Crippen LogP contribution in [0.25, 0.3) is 10.8 Å². The van der Waals surface area contributed by atoms with E-state index in [1.807, 2.05) is 67.6 Å². The molecule has 0 saturated heterocycles. The minimum atomic E-state index is -0.167. The third-order valence-electron chi connectivity index (χ3n) is 4.94. The molecule has 5 nitrogen and oxygen atoms in total. The van der Waals surface area contributed by atoms with E-state index < -0.39 is 0 Å². The van der Waals surface area contributed by atoms with Gasteiger partial charge in [-0.3, -0.25) is 9.59 Å². The predicted octanol–water partition coefficient (Wildman–Crippen LogP) is 5.45. The standard InChI is InChI=1S/C26H23N3O2/c1-18-6-4-9-20(16-18)26(31)29-22-14-12-21(13-15-22)28-25(30)17-27-24-11-5-8-19-7-2-3-10-23(19)24/h2-16,27H,17H2,1H3,(H,28,30)(H,29,31). The van der Waals surface area contributed by atoms with Crippen LogP contribution in [0.15, 0.2) is 91.0 Å². The van der Waals surface area contributed by atoms with Crippen LogP contribution >= 0.6 is 0 Å². The van der Waals surface area contributed by atoms with Gasteiger partial charge in [0.2, 0.25) is 5.91 Å². The van der Waals surface area contributed by atoms with Crippen molar-refractivity contribution in [3.8, 4) is 0 Å². The molecule has 31 heavy (non-hydrogen) atoms. The molecule has 4 aromatic rings. The highest BCUT2D eigenvalue weighted by Crippen LogP contribution is 2.22. The SMILES string of the molecule is Cc1cccc(C(=O)Nc2ccc(NC(=O)CNc3cccc4ccccc34)cc2)c1. The van der Waals surface area contributed by atoms with E-state index >= 15 is 0 Å². The van der Waals surface area contributed by atoms with Gasteiger partial charge in [0.25, 0.3) is 5.91 Å². The highest BCUT2D eigenvalue weighted by atomic mass is 16.2. The summed E-state index contributed by atoms with van der Waals surface area (Å²) in [6.07, 6.45) is 0. The molecular weight excluding hydrogens is 386 g/mol. The van der Waals surface area contributed by atoms with Crippen molar-refractivity contribution in [3.05, 3.63) is 102 Å². The van der Waals surface area contributed by atoms with E-state index in [0.29, 0.717) is 16.9 Å². The number of nitrogens with one attached hydrogen (secondary N) is 3. The van der Waals surface area contributed by atoms with Gasteiger partial charge in [-0.2, -0.15) is 0 Å². The Kier molecular flexibility index (Phi) is 5.94. The van der Waals surface area contributed by atoms with E-state index in [1.165, 1.54) is 0 Å². The summed E-state index contributed by atoms with van der Waals surface area (Å²) in [6, 6.07) is 28.5. The zero-order valence-electron chi connectivity index (χ0n) is 17.2. The number of hydrogen-bond donors (Lipinski definition) is 3. The number of carbonyl (C=O) groups is 2. The first-order valence-electron chi connectivity index (χ1n) is 10.1. The van der Waals surface area contributed by atoms with Crippen LogP contribution in [0, 0.1) is 6.92 Å². The second kappa shape index (κ2) is 9.13. The van der Waals surface area contributed by atoms with Crippen molar-refractivity contribution in [2.45, 2.75) is 6.92 Å². The summed E-state index contributed by atoms with van der Waals surface area (Å²) in [5.41, 5.74) is 3.89. The molecule has 0 saturated carbocycles. The molecule has 154 valence electrons. The van der Waals surface area contributed by atoms with Crippen molar-refractivity contribution in [1.29, 1.82) is 0 Å². The number of fused-ring (bicyclic) bond motifs is 1. The van der Waals surface area contributed by atoms with E-state index in [9.17, 15) is 9.59 Å². The van der Waals surface area contributed by atoms with Gasteiger partial charge in [-0.15, -0.1) is 0 Å². The number of benzene rings is 4. The van der Waals surface area contributed by atoms with Crippen molar-refractivity contribution >= 4 is 39.6 Å². The summed E-state index contributed by atoms with van der Waals surface area (Å²) in [7, 11) is 0. The highest BCUT2D eigenvalue weighted by molar-refractivity contribution is 6.04. The minimum Gasteiger partial charge on any atom is -0.376 e. The largest absolute Gasteiger partial charge is 0.376 e. The first kappa shape index (κ1) is 20.2. The summed E-state index contributed by atoms with van der Waals surface area (Å²) in [5, 5.41) is 11.1. The third-order valence-corrected chi connectivity index (χ3v) is 4.94. The van der Waals surface area contributed by atoms with E-state index in [2.05, 4.69) is 16.0 Å². The maximum absolute atomic E-state index is 12.4. The van der Waals surface area contributed by atoms with Gasteiger partial charge in [-0.25, -0.2) is 0 Å². The second-order valence-corrected chi connectivity index (χ2v) is 7.33. The lowest BCUT2D eigenvalue weighted by Gasteiger charge is -2.11. The fourth-order valence-corrected chi connectivity index (χ4v) is 3.39. The molecule has 0 aliphatic heterocycles. The third kappa shape index (κ3) is 5.08. The summed E-state index contributed by atoms with van der Waals surface area (Å²) in [5.74, 6) is -0.316. The molecular formula is C26H23N3O2. The van der Waals surface area contributed by atoms with Crippen LogP contribution in [0.2, 0.25) is 0 Å². The van der Waals surface area contributed by atoms with Crippen LogP contribution in [0.5, 0.6) is 0 Å². The maximum Gasteiger partial charge on any atom is 0.255 e. The number of amides is 2. The van der Waals surface area contributed by atoms with Gasteiger partial charge in [0, 0.05) is 28.0 Å². The smallest absolute Gasteiger partial charge is 0.255 e. The normalized spacial score (nSPS) is 10.5. The minimum absolute atomic E-state index is 0.149. The van der Waals surface area contributed by atoms with Crippen LogP contribution in [0.1, 0.15) is 15.9 Å². The Morgan fingerprint density at radius 1 is 0.742 bits per heavy atom. The Hall–Kier alpha value is -4.12. The van der Waals surface area contributed by atoms with Crippen molar-refractivity contribution in [1.82, 2.24) is 0 Å². The van der Waals surface area contributed by atoms with Crippen molar-refractivity contribution < 1.29 is 9.59 Å². The predicted molar refractivity (Wildman–Crippen MR) is 127 cm³/mol. The molecule has 0 aliphatic rings. The van der Waals surface area contributed by atoms with Gasteiger partial charge in [0.15, 0.2) is 0 Å². The lowest BCUT2D eigenvalue weighted by Crippen LogP contribution is -2.21. The van der Waals surface area contributed by atoms with Crippen LogP contribution in [-0.2, 0) is 4.79 Å². The zero-order valence-corrected chi connectivity index (χ0v) is 17.2. The van der Waals surface area contributed by atoms with E-state index in [-0.39, 0.29) is 18.4 Å². The number of carbonyl (C=O) groups excluding carboxylic acids is 2. The molecule has 0 unspecified atom stereocenters. The van der Waals surface area contributed by atoms with E-state index in [4.69, 9.17) is 0 Å². The fourth-order valence-electron chi connectivity index (χ4n) is 3.39. The zero-order chi connectivity index (χ0) is 21.6. The Morgan fingerprint density at radius 3 is 2.19 bits per heavy atom. The summed E-state index contributed by atoms with van der Waals surface area (Å²) < 4.78 is 0. The number of rotatable bonds is 6. The monoisotopic (exact) mass is 409 g/mol. The van der Waals surface area contributed by atoms with Crippen molar-refractivity contribution in [3.63, 3.8) is 0 Å². The molecule has 0 heterocycles. The van der Waals surface area contributed by atoms with Crippen molar-refractivity contribution in [2.24, 2.45) is 0 Å². The van der Waals surface area contributed by atoms with Gasteiger partial charge in [-0.1, -0.05) is 54.1 Å². The Morgan fingerprint density at radius 2 is 1.42 bits per heavy atom. The molecule has 0 atom stereocenters. The number of hydrogen-bond acceptors (Lipinski definition) is 3. The molecule has 0 aromatic heterocycles. The average Bonchev–Trinajstić information content (AvgIpc) is 2.79. The van der Waals surface area contributed by atoms with Crippen LogP contribution in [0.4, 0.5) is 17.1 Å². The molecule has 4 aromatic carbocycles. The average molecular weight is 409 g/mol. The molecule has 2 amide bonds. The molecule has 5 heteroatoms. The molecule has 0 spiro atoms. The number of anilines is 3. The van der Waals surface area contributed by atoms with Gasteiger partial charge >= 0.3 is 0 Å². The lowest BCUT2D eigenvalue weighted by atomic mass is 10.1. The maximum atomic E-state index is 12.4. The van der Waals surface area contributed by atoms with Gasteiger partial charge < -0.3 is 16.0 Å². The molecule has 0 fully saturated rings. The molecule has 0 radical (unpaired) electrons. The van der Waals surface area contributed by atoms with Gasteiger partial charge in [0.1, 0.15) is 0 Å². The second-order valence-electron chi connectivity index (χ2n) is 7.33. The molecule has 0 bridgehead atoms. The Bertz CT molecular complexity index is 1230. The summed E-state index contributed by atoms with van der Waals surface area (Å²) in [4.78, 5) is 24.7. The first-order valence-corrected chi connectivity index (χ1v) is 10.1. The first-order chi connectivity index (χ1) is 15.1. The summed E-state index contributed by atoms with van der Waals surface area (Å²) >= 11 is 0. The molecule has 0 aliphatic carbocycles. The topological polar surface area (TPSA) is 70.2 Å². The van der Waals surface area contributed by atoms with E-state index in [0.717, 1.165) is 22.0 Å². The van der Waals surface area contributed by atoms with E-state index in [1.54, 1.807) is 30.3 Å².